The highest BCUT2D eigenvalue weighted by Crippen LogP contribution is 2.22. The van der Waals surface area contributed by atoms with Crippen molar-refractivity contribution in [3.63, 3.8) is 0 Å². The Kier molecular flexibility index (Phi) is 5.43. The summed E-state index contributed by atoms with van der Waals surface area (Å²) in [7, 11) is -3.68. The lowest BCUT2D eigenvalue weighted by Crippen LogP contribution is -2.49. The molecule has 1 aromatic carbocycles. The Morgan fingerprint density at radius 2 is 1.74 bits per heavy atom. The lowest BCUT2D eigenvalue weighted by molar-refractivity contribution is -0.136. The molecule has 1 fully saturated rings. The van der Waals surface area contributed by atoms with E-state index in [2.05, 4.69) is 9.97 Å². The number of nitrogens with zero attached hydrogens (tertiary/aromatic N) is 4. The normalized spacial score (nSPS) is 15.7. The second-order valence-corrected chi connectivity index (χ2v) is 8.55. The number of hydrogen-bond acceptors (Lipinski definition) is 6. The first kappa shape index (κ1) is 19.2. The van der Waals surface area contributed by atoms with Crippen LogP contribution < -0.4 is 4.90 Å². The van der Waals surface area contributed by atoms with E-state index in [1.807, 2.05) is 11.8 Å². The molecule has 0 bridgehead atoms. The average molecular weight is 390 g/mol. The molecule has 0 aliphatic carbocycles. The minimum absolute atomic E-state index is 0.129. The Balaban J connectivity index is 1.75. The van der Waals surface area contributed by atoms with Gasteiger partial charge in [0, 0.05) is 38.6 Å². The maximum atomic E-state index is 13.0. The molecule has 0 unspecified atom stereocenters. The summed E-state index contributed by atoms with van der Waals surface area (Å²) >= 11 is 0. The number of aromatic nitrogens is 2. The molecule has 2 heterocycles. The van der Waals surface area contributed by atoms with E-state index >= 15 is 0 Å². The molecule has 3 rings (SSSR count). The van der Waals surface area contributed by atoms with Crippen molar-refractivity contribution >= 4 is 21.9 Å². The molecule has 144 valence electrons. The van der Waals surface area contributed by atoms with Crippen molar-refractivity contribution in [2.75, 3.05) is 31.1 Å². The second-order valence-electron chi connectivity index (χ2n) is 6.61. The molecule has 27 heavy (non-hydrogen) atoms. The number of aryl methyl sites for hydroxylation is 2. The number of aliphatic carboxylic acids is 1. The molecule has 0 saturated carbocycles. The van der Waals surface area contributed by atoms with Crippen LogP contribution in [0.2, 0.25) is 0 Å². The number of sulfonamides is 1. The molecular weight excluding hydrogens is 368 g/mol. The van der Waals surface area contributed by atoms with Gasteiger partial charge in [0.05, 0.1) is 11.3 Å². The summed E-state index contributed by atoms with van der Waals surface area (Å²) in [6.07, 6.45) is 3.27. The Morgan fingerprint density at radius 1 is 1.11 bits per heavy atom. The van der Waals surface area contributed by atoms with Gasteiger partial charge in [0.1, 0.15) is 0 Å². The third kappa shape index (κ3) is 4.25. The summed E-state index contributed by atoms with van der Waals surface area (Å²) in [6.45, 7) is 5.32. The molecule has 9 heteroatoms. The molecule has 1 N–H and O–H groups in total. The minimum Gasteiger partial charge on any atom is -0.481 e. The highest BCUT2D eigenvalue weighted by atomic mass is 32.2. The number of hydrogen-bond donors (Lipinski definition) is 1. The average Bonchev–Trinajstić information content (AvgIpc) is 2.64. The van der Waals surface area contributed by atoms with Crippen molar-refractivity contribution in [1.82, 2.24) is 14.3 Å². The maximum absolute atomic E-state index is 13.0. The molecule has 0 radical (unpaired) electrons. The summed E-state index contributed by atoms with van der Waals surface area (Å²) in [4.78, 5) is 21.7. The molecule has 1 aromatic heterocycles. The summed E-state index contributed by atoms with van der Waals surface area (Å²) < 4.78 is 27.3. The zero-order valence-corrected chi connectivity index (χ0v) is 16.1. The van der Waals surface area contributed by atoms with Gasteiger partial charge in [-0.15, -0.1) is 0 Å². The largest absolute Gasteiger partial charge is 0.481 e. The number of carbonyl (C=O) groups is 1. The zero-order chi connectivity index (χ0) is 19.6. The maximum Gasteiger partial charge on any atom is 0.307 e. The van der Waals surface area contributed by atoms with Gasteiger partial charge in [0.2, 0.25) is 16.0 Å². The van der Waals surface area contributed by atoms with Crippen molar-refractivity contribution in [1.29, 1.82) is 0 Å². The number of anilines is 1. The van der Waals surface area contributed by atoms with E-state index in [-0.39, 0.29) is 11.3 Å². The van der Waals surface area contributed by atoms with Gasteiger partial charge in [0.15, 0.2) is 0 Å². The van der Waals surface area contributed by atoms with Crippen LogP contribution in [0.5, 0.6) is 0 Å². The highest BCUT2D eigenvalue weighted by Gasteiger charge is 2.29. The fraction of sp³-hybridized carbons (Fsp3) is 0.389. The van der Waals surface area contributed by atoms with Gasteiger partial charge in [-0.05, 0) is 42.7 Å². The molecular formula is C18H22N4O4S. The topological polar surface area (TPSA) is 104 Å². The number of carboxylic acid groups (broad SMARTS) is 1. The lowest BCUT2D eigenvalue weighted by Gasteiger charge is -2.34. The zero-order valence-electron chi connectivity index (χ0n) is 15.3. The first-order valence-electron chi connectivity index (χ1n) is 8.62. The van der Waals surface area contributed by atoms with Gasteiger partial charge < -0.3 is 10.0 Å². The van der Waals surface area contributed by atoms with Gasteiger partial charge in [-0.3, -0.25) is 4.79 Å². The monoisotopic (exact) mass is 390 g/mol. The van der Waals surface area contributed by atoms with Crippen molar-refractivity contribution in [3.8, 4) is 0 Å². The van der Waals surface area contributed by atoms with Gasteiger partial charge >= 0.3 is 5.97 Å². The quantitative estimate of drug-likeness (QED) is 0.819. The Morgan fingerprint density at radius 3 is 2.33 bits per heavy atom. The summed E-state index contributed by atoms with van der Waals surface area (Å²) in [6, 6.07) is 4.65. The van der Waals surface area contributed by atoms with Crippen LogP contribution in [0.4, 0.5) is 5.95 Å². The van der Waals surface area contributed by atoms with E-state index in [0.29, 0.717) is 37.7 Å². The molecule has 0 spiro atoms. The molecule has 1 aliphatic rings. The highest BCUT2D eigenvalue weighted by molar-refractivity contribution is 7.89. The number of benzene rings is 1. The van der Waals surface area contributed by atoms with Crippen LogP contribution in [0.25, 0.3) is 0 Å². The van der Waals surface area contributed by atoms with E-state index in [0.717, 1.165) is 11.1 Å². The van der Waals surface area contributed by atoms with Crippen LogP contribution in [-0.4, -0.2) is 59.9 Å². The van der Waals surface area contributed by atoms with Gasteiger partial charge in [0.25, 0.3) is 0 Å². The third-order valence-corrected chi connectivity index (χ3v) is 6.48. The number of carboxylic acids is 1. The lowest BCUT2D eigenvalue weighted by atomic mass is 10.1. The van der Waals surface area contributed by atoms with Crippen LogP contribution in [0.3, 0.4) is 0 Å². The number of piperazine rings is 1. The van der Waals surface area contributed by atoms with Crippen LogP contribution in [0.1, 0.15) is 16.7 Å². The SMILES string of the molecule is Cc1cnc(N2CCN(S(=O)(=O)c3ccc(C)c(CC(=O)O)c3)CC2)nc1. The van der Waals surface area contributed by atoms with E-state index < -0.39 is 16.0 Å². The molecule has 1 saturated heterocycles. The second kappa shape index (κ2) is 7.61. The molecule has 0 atom stereocenters. The predicted molar refractivity (Wildman–Crippen MR) is 100 cm³/mol. The van der Waals surface area contributed by atoms with Crippen molar-refractivity contribution in [2.24, 2.45) is 0 Å². The Labute approximate surface area is 158 Å². The Hall–Kier alpha value is -2.52. The third-order valence-electron chi connectivity index (χ3n) is 4.59. The van der Waals surface area contributed by atoms with Crippen molar-refractivity contribution in [2.45, 2.75) is 25.2 Å². The van der Waals surface area contributed by atoms with Gasteiger partial charge in [-0.25, -0.2) is 18.4 Å². The van der Waals surface area contributed by atoms with Crippen molar-refractivity contribution in [3.05, 3.63) is 47.3 Å². The van der Waals surface area contributed by atoms with Crippen LogP contribution in [0, 0.1) is 13.8 Å². The van der Waals surface area contributed by atoms with Crippen LogP contribution in [-0.2, 0) is 21.2 Å². The summed E-state index contributed by atoms with van der Waals surface area (Å²) in [5, 5.41) is 9.01. The van der Waals surface area contributed by atoms with Crippen molar-refractivity contribution < 1.29 is 18.3 Å². The van der Waals surface area contributed by atoms with E-state index in [4.69, 9.17) is 5.11 Å². The first-order valence-corrected chi connectivity index (χ1v) is 10.1. The Bertz CT molecular complexity index is 936. The first-order chi connectivity index (χ1) is 12.8. The standard InChI is InChI=1S/C18H22N4O4S/c1-13-11-19-18(20-12-13)21-5-7-22(8-6-21)27(25,26)16-4-3-14(2)15(9-16)10-17(23)24/h3-4,9,11-12H,5-8,10H2,1-2H3,(H,23,24). The summed E-state index contributed by atoms with van der Waals surface area (Å²) in [5.41, 5.74) is 2.24. The van der Waals surface area contributed by atoms with Gasteiger partial charge in [-0.1, -0.05) is 6.07 Å². The number of rotatable bonds is 5. The molecule has 1 aliphatic heterocycles. The minimum atomic E-state index is -3.68. The molecule has 0 amide bonds. The molecule has 2 aromatic rings. The molecule has 8 nitrogen and oxygen atoms in total. The summed E-state index contributed by atoms with van der Waals surface area (Å²) in [5.74, 6) is -0.393. The fourth-order valence-electron chi connectivity index (χ4n) is 2.99. The predicted octanol–water partition coefficient (Wildman–Crippen LogP) is 1.23. The smallest absolute Gasteiger partial charge is 0.307 e. The van der Waals surface area contributed by atoms with E-state index in [9.17, 15) is 13.2 Å². The van der Waals surface area contributed by atoms with Crippen LogP contribution >= 0.6 is 0 Å². The van der Waals surface area contributed by atoms with E-state index in [1.165, 1.54) is 16.4 Å². The fourth-order valence-corrected chi connectivity index (χ4v) is 4.46. The van der Waals surface area contributed by atoms with Crippen LogP contribution in [0.15, 0.2) is 35.5 Å². The van der Waals surface area contributed by atoms with Gasteiger partial charge in [-0.2, -0.15) is 4.31 Å². The van der Waals surface area contributed by atoms with E-state index in [1.54, 1.807) is 25.4 Å².